The van der Waals surface area contributed by atoms with Crippen molar-refractivity contribution in [2.45, 2.75) is 58.5 Å². The zero-order chi connectivity index (χ0) is 15.0. The molecule has 20 heavy (non-hydrogen) atoms. The zero-order valence-electron chi connectivity index (χ0n) is 12.9. The van der Waals surface area contributed by atoms with Crippen molar-refractivity contribution in [2.75, 3.05) is 7.05 Å². The minimum absolute atomic E-state index is 0.351. The summed E-state index contributed by atoms with van der Waals surface area (Å²) in [7, 11) is 2.13. The molecular formula is C17H27NO2. The van der Waals surface area contributed by atoms with Crippen LogP contribution < -0.4 is 0 Å². The molecule has 0 aromatic heterocycles. The number of carboxylic acids is 1. The zero-order valence-corrected chi connectivity index (χ0v) is 12.9. The first-order valence-electron chi connectivity index (χ1n) is 7.57. The fourth-order valence-corrected chi connectivity index (χ4v) is 2.28. The number of unbranched alkanes of at least 4 members (excludes halogenated alkanes) is 3. The minimum Gasteiger partial charge on any atom is -0.478 e. The van der Waals surface area contributed by atoms with Crippen LogP contribution in [0, 0.1) is 0 Å². The first-order chi connectivity index (χ1) is 9.54. The number of carbonyl (C=O) groups is 1. The lowest BCUT2D eigenvalue weighted by atomic mass is 10.1. The van der Waals surface area contributed by atoms with Crippen LogP contribution in [0.25, 0.3) is 0 Å². The second-order valence-electron chi connectivity index (χ2n) is 5.62. The van der Waals surface area contributed by atoms with Gasteiger partial charge in [0.05, 0.1) is 5.56 Å². The van der Waals surface area contributed by atoms with Gasteiger partial charge in [-0.25, -0.2) is 4.79 Å². The summed E-state index contributed by atoms with van der Waals surface area (Å²) in [5, 5.41) is 8.88. The van der Waals surface area contributed by atoms with Crippen LogP contribution in [0.2, 0.25) is 0 Å². The predicted octanol–water partition coefficient (Wildman–Crippen LogP) is 4.18. The molecule has 0 aliphatic carbocycles. The lowest BCUT2D eigenvalue weighted by Crippen LogP contribution is -2.28. The van der Waals surface area contributed by atoms with Gasteiger partial charge in [0.1, 0.15) is 0 Å². The normalized spacial score (nSPS) is 12.6. The fraction of sp³-hybridized carbons (Fsp3) is 0.588. The molecule has 112 valence electrons. The van der Waals surface area contributed by atoms with E-state index in [2.05, 4.69) is 25.8 Å². The molecule has 0 aliphatic rings. The summed E-state index contributed by atoms with van der Waals surface area (Å²) in [5.41, 5.74) is 1.52. The third-order valence-corrected chi connectivity index (χ3v) is 3.86. The Balaban J connectivity index is 2.40. The molecule has 1 aromatic rings. The van der Waals surface area contributed by atoms with Crippen LogP contribution in [0.1, 0.15) is 61.9 Å². The van der Waals surface area contributed by atoms with Gasteiger partial charge in [0.25, 0.3) is 0 Å². The summed E-state index contributed by atoms with van der Waals surface area (Å²) in [6.07, 6.45) is 6.44. The molecule has 0 amide bonds. The fourth-order valence-electron chi connectivity index (χ4n) is 2.28. The van der Waals surface area contributed by atoms with E-state index in [1.54, 1.807) is 12.1 Å². The van der Waals surface area contributed by atoms with Crippen LogP contribution in [-0.2, 0) is 6.54 Å². The van der Waals surface area contributed by atoms with E-state index in [9.17, 15) is 4.79 Å². The van der Waals surface area contributed by atoms with Gasteiger partial charge in [0.2, 0.25) is 0 Å². The van der Waals surface area contributed by atoms with Crippen LogP contribution in [0.4, 0.5) is 0 Å². The van der Waals surface area contributed by atoms with E-state index in [1.165, 1.54) is 32.1 Å². The van der Waals surface area contributed by atoms with E-state index < -0.39 is 5.97 Å². The Morgan fingerprint density at radius 2 is 1.85 bits per heavy atom. The summed E-state index contributed by atoms with van der Waals surface area (Å²) in [5.74, 6) is -0.866. The second kappa shape index (κ2) is 8.75. The molecule has 1 N–H and O–H groups in total. The highest BCUT2D eigenvalue weighted by molar-refractivity contribution is 5.87. The van der Waals surface area contributed by atoms with Crippen LogP contribution in [-0.4, -0.2) is 29.1 Å². The van der Waals surface area contributed by atoms with Crippen molar-refractivity contribution in [3.8, 4) is 0 Å². The Morgan fingerprint density at radius 1 is 1.20 bits per heavy atom. The maximum Gasteiger partial charge on any atom is 0.335 e. The number of hydrogen-bond donors (Lipinski definition) is 1. The molecule has 0 bridgehead atoms. The highest BCUT2D eigenvalue weighted by Crippen LogP contribution is 2.13. The van der Waals surface area contributed by atoms with Gasteiger partial charge in [-0.2, -0.15) is 0 Å². The van der Waals surface area contributed by atoms with Gasteiger partial charge in [-0.3, -0.25) is 4.90 Å². The summed E-state index contributed by atoms with van der Waals surface area (Å²) in [6, 6.07) is 7.73. The van der Waals surface area contributed by atoms with E-state index in [1.807, 2.05) is 12.1 Å². The monoisotopic (exact) mass is 277 g/mol. The number of aromatic carboxylic acids is 1. The van der Waals surface area contributed by atoms with Crippen molar-refractivity contribution in [3.63, 3.8) is 0 Å². The van der Waals surface area contributed by atoms with Gasteiger partial charge in [-0.1, -0.05) is 44.7 Å². The van der Waals surface area contributed by atoms with Crippen molar-refractivity contribution in [2.24, 2.45) is 0 Å². The minimum atomic E-state index is -0.866. The highest BCUT2D eigenvalue weighted by atomic mass is 16.4. The average molecular weight is 277 g/mol. The van der Waals surface area contributed by atoms with Crippen molar-refractivity contribution in [1.29, 1.82) is 0 Å². The lowest BCUT2D eigenvalue weighted by molar-refractivity contribution is 0.0697. The van der Waals surface area contributed by atoms with Crippen LogP contribution in [0.5, 0.6) is 0 Å². The van der Waals surface area contributed by atoms with Crippen LogP contribution in [0.3, 0.4) is 0 Å². The van der Waals surface area contributed by atoms with E-state index in [0.29, 0.717) is 11.6 Å². The van der Waals surface area contributed by atoms with Crippen molar-refractivity contribution in [1.82, 2.24) is 4.90 Å². The van der Waals surface area contributed by atoms with Gasteiger partial charge in [0, 0.05) is 12.6 Å². The Kier molecular flexibility index (Phi) is 7.31. The van der Waals surface area contributed by atoms with E-state index in [4.69, 9.17) is 5.11 Å². The van der Waals surface area contributed by atoms with Gasteiger partial charge in [-0.15, -0.1) is 0 Å². The molecule has 0 saturated carbocycles. The highest BCUT2D eigenvalue weighted by Gasteiger charge is 2.10. The smallest absolute Gasteiger partial charge is 0.335 e. The van der Waals surface area contributed by atoms with E-state index in [-0.39, 0.29) is 0 Å². The van der Waals surface area contributed by atoms with Gasteiger partial charge in [0.15, 0.2) is 0 Å². The number of nitrogens with zero attached hydrogens (tertiary/aromatic N) is 1. The van der Waals surface area contributed by atoms with Gasteiger partial charge >= 0.3 is 5.97 Å². The van der Waals surface area contributed by atoms with Crippen LogP contribution in [0.15, 0.2) is 24.3 Å². The average Bonchev–Trinajstić information content (AvgIpc) is 2.44. The third kappa shape index (κ3) is 5.74. The SMILES string of the molecule is CCCCCCC(C)N(C)Cc1ccc(C(=O)O)cc1. The number of hydrogen-bond acceptors (Lipinski definition) is 2. The largest absolute Gasteiger partial charge is 0.478 e. The molecule has 0 heterocycles. The molecule has 0 aliphatic heterocycles. The van der Waals surface area contributed by atoms with Crippen molar-refractivity contribution < 1.29 is 9.90 Å². The van der Waals surface area contributed by atoms with Gasteiger partial charge < -0.3 is 5.11 Å². The van der Waals surface area contributed by atoms with Crippen molar-refractivity contribution in [3.05, 3.63) is 35.4 Å². The van der Waals surface area contributed by atoms with E-state index >= 15 is 0 Å². The quantitative estimate of drug-likeness (QED) is 0.688. The first kappa shape index (κ1) is 16.7. The molecule has 0 saturated heterocycles. The third-order valence-electron chi connectivity index (χ3n) is 3.86. The maximum atomic E-state index is 10.8. The summed E-state index contributed by atoms with van der Waals surface area (Å²) >= 11 is 0. The van der Waals surface area contributed by atoms with Crippen molar-refractivity contribution >= 4 is 5.97 Å². The Bertz CT molecular complexity index is 400. The maximum absolute atomic E-state index is 10.8. The molecule has 1 unspecified atom stereocenters. The summed E-state index contributed by atoms with van der Waals surface area (Å²) < 4.78 is 0. The van der Waals surface area contributed by atoms with Crippen LogP contribution >= 0.6 is 0 Å². The number of rotatable bonds is 9. The van der Waals surface area contributed by atoms with Gasteiger partial charge in [-0.05, 0) is 38.1 Å². The summed E-state index contributed by atoms with van der Waals surface area (Å²) in [6.45, 7) is 5.36. The standard InChI is InChI=1S/C17H27NO2/c1-4-5-6-7-8-14(2)18(3)13-15-9-11-16(12-10-15)17(19)20/h9-12,14H,4-8,13H2,1-3H3,(H,19,20). The molecule has 1 aromatic carbocycles. The number of carboxylic acid groups (broad SMARTS) is 1. The molecular weight excluding hydrogens is 250 g/mol. The molecule has 3 heteroatoms. The lowest BCUT2D eigenvalue weighted by Gasteiger charge is -2.24. The molecule has 0 spiro atoms. The molecule has 1 atom stereocenters. The predicted molar refractivity (Wildman–Crippen MR) is 83.1 cm³/mol. The first-order valence-corrected chi connectivity index (χ1v) is 7.57. The Labute approximate surface area is 122 Å². The Morgan fingerprint density at radius 3 is 2.40 bits per heavy atom. The van der Waals surface area contributed by atoms with E-state index in [0.717, 1.165) is 12.1 Å². The Hall–Kier alpha value is -1.35. The molecule has 3 nitrogen and oxygen atoms in total. The molecule has 0 fully saturated rings. The second-order valence-corrected chi connectivity index (χ2v) is 5.62. The molecule has 1 rings (SSSR count). The topological polar surface area (TPSA) is 40.5 Å². The number of benzene rings is 1. The summed E-state index contributed by atoms with van der Waals surface area (Å²) in [4.78, 5) is 13.1. The molecule has 0 radical (unpaired) electrons.